The van der Waals surface area contributed by atoms with Crippen LogP contribution >= 0.6 is 0 Å². The topological polar surface area (TPSA) is 175 Å². The Morgan fingerprint density at radius 3 is 1.31 bits per heavy atom. The number of aliphatic hydroxyl groups is 5. The summed E-state index contributed by atoms with van der Waals surface area (Å²) in [6.45, 7) is 4.11. The van der Waals surface area contributed by atoms with Gasteiger partial charge in [-0.2, -0.15) is 0 Å². The zero-order valence-electron chi connectivity index (χ0n) is 51.8. The van der Waals surface area contributed by atoms with E-state index in [1.54, 1.807) is 6.08 Å². The SMILES string of the molecule is C/C=C/CC/C=C/CC/C=C/C(O)C(COC1OC(CO)C(O)C(O)C1O)NC(=O)CCCCCCCCCC/C=C\CCCCCCCCCCCCCCOC(=O)CCCCCCCCCCCCCCCCCCCCC. The highest BCUT2D eigenvalue weighted by Crippen LogP contribution is 2.23. The Morgan fingerprint density at radius 2 is 0.863 bits per heavy atom. The van der Waals surface area contributed by atoms with Gasteiger partial charge < -0.3 is 45.1 Å². The molecule has 7 atom stereocenters. The van der Waals surface area contributed by atoms with Crippen LogP contribution in [-0.4, -0.2) is 100 Å². The second-order valence-corrected chi connectivity index (χ2v) is 23.5. The Bertz CT molecular complexity index is 1470. The second kappa shape index (κ2) is 58.4. The molecule has 1 fully saturated rings. The number of hydrogen-bond donors (Lipinski definition) is 6. The van der Waals surface area contributed by atoms with Crippen molar-refractivity contribution >= 4 is 11.9 Å². The van der Waals surface area contributed by atoms with Crippen molar-refractivity contribution in [1.82, 2.24) is 5.32 Å². The fourth-order valence-electron chi connectivity index (χ4n) is 10.6. The van der Waals surface area contributed by atoms with E-state index in [4.69, 9.17) is 14.2 Å². The number of esters is 1. The van der Waals surface area contributed by atoms with Crippen LogP contribution in [0.25, 0.3) is 0 Å². The van der Waals surface area contributed by atoms with Crippen LogP contribution in [0.1, 0.15) is 316 Å². The zero-order chi connectivity index (χ0) is 58.0. The van der Waals surface area contributed by atoms with Gasteiger partial charge in [-0.25, -0.2) is 0 Å². The largest absolute Gasteiger partial charge is 0.466 e. The van der Waals surface area contributed by atoms with Gasteiger partial charge >= 0.3 is 5.97 Å². The molecular formula is C69H127NO10. The maximum Gasteiger partial charge on any atom is 0.305 e. The van der Waals surface area contributed by atoms with Crippen molar-refractivity contribution in [3.63, 3.8) is 0 Å². The van der Waals surface area contributed by atoms with E-state index in [0.717, 1.165) is 77.0 Å². The van der Waals surface area contributed by atoms with Crippen molar-refractivity contribution in [3.8, 4) is 0 Å². The highest BCUT2D eigenvalue weighted by Gasteiger charge is 2.44. The highest BCUT2D eigenvalue weighted by atomic mass is 16.7. The summed E-state index contributed by atoms with van der Waals surface area (Å²) in [5.41, 5.74) is 0. The molecule has 1 aliphatic rings. The number of carbonyl (C=O) groups is 2. The normalized spacial score (nSPS) is 18.6. The molecule has 1 heterocycles. The molecule has 1 saturated heterocycles. The molecule has 0 saturated carbocycles. The van der Waals surface area contributed by atoms with Gasteiger partial charge in [0.05, 0.1) is 32.0 Å². The molecule has 0 aromatic carbocycles. The van der Waals surface area contributed by atoms with E-state index in [0.29, 0.717) is 19.4 Å². The molecule has 1 rings (SSSR count). The lowest BCUT2D eigenvalue weighted by Gasteiger charge is -2.40. The van der Waals surface area contributed by atoms with Gasteiger partial charge in [-0.1, -0.05) is 274 Å². The summed E-state index contributed by atoms with van der Waals surface area (Å²) in [4.78, 5) is 25.1. The van der Waals surface area contributed by atoms with E-state index in [9.17, 15) is 35.1 Å². The molecule has 0 aromatic heterocycles. The van der Waals surface area contributed by atoms with Gasteiger partial charge in [0.1, 0.15) is 24.4 Å². The van der Waals surface area contributed by atoms with Crippen LogP contribution in [0.15, 0.2) is 48.6 Å². The summed E-state index contributed by atoms with van der Waals surface area (Å²) in [5.74, 6) is -0.198. The molecule has 0 aliphatic carbocycles. The maximum atomic E-state index is 13.0. The van der Waals surface area contributed by atoms with Gasteiger partial charge in [-0.05, 0) is 77.6 Å². The van der Waals surface area contributed by atoms with Crippen LogP contribution in [0.4, 0.5) is 0 Å². The molecule has 1 amide bonds. The van der Waals surface area contributed by atoms with Crippen molar-refractivity contribution in [2.24, 2.45) is 0 Å². The molecule has 7 unspecified atom stereocenters. The number of allylic oxidation sites excluding steroid dienone is 7. The van der Waals surface area contributed by atoms with Gasteiger partial charge in [0, 0.05) is 12.8 Å². The van der Waals surface area contributed by atoms with Crippen LogP contribution < -0.4 is 5.32 Å². The van der Waals surface area contributed by atoms with E-state index in [1.807, 2.05) is 19.1 Å². The van der Waals surface area contributed by atoms with Gasteiger partial charge in [-0.15, -0.1) is 0 Å². The average Bonchev–Trinajstić information content (AvgIpc) is 3.45. The Labute approximate surface area is 491 Å². The predicted molar refractivity (Wildman–Crippen MR) is 334 cm³/mol. The molecule has 0 bridgehead atoms. The van der Waals surface area contributed by atoms with Crippen molar-refractivity contribution in [1.29, 1.82) is 0 Å². The molecule has 80 heavy (non-hydrogen) atoms. The first-order chi connectivity index (χ1) is 39.2. The molecule has 11 heteroatoms. The molecule has 1 aliphatic heterocycles. The minimum atomic E-state index is -1.58. The summed E-state index contributed by atoms with van der Waals surface area (Å²) in [5, 5.41) is 54.2. The number of ether oxygens (including phenoxy) is 3. The van der Waals surface area contributed by atoms with Crippen molar-refractivity contribution < 1.29 is 49.3 Å². The van der Waals surface area contributed by atoms with E-state index < -0.39 is 49.5 Å². The quantitative estimate of drug-likeness (QED) is 0.0195. The van der Waals surface area contributed by atoms with E-state index >= 15 is 0 Å². The van der Waals surface area contributed by atoms with E-state index in [1.165, 1.54) is 212 Å². The number of aliphatic hydroxyl groups excluding tert-OH is 5. The van der Waals surface area contributed by atoms with Gasteiger partial charge in [0.15, 0.2) is 6.29 Å². The standard InChI is InChI=1S/C69H127NO10/c1-3-5-7-9-11-13-14-15-16-17-24-28-31-34-37-41-45-49-53-57-65(74)78-58-54-50-46-42-38-35-32-29-26-23-21-19-18-20-22-25-27-30-33-36-40-44-48-52-56-64(73)70-61(62(72)55-51-47-43-39-12-10-8-6-4-2)60-79-69-68(77)67(76)66(75)63(59-71)80-69/h4,6,12,20,22,39,51,55,61-63,66-69,71-72,75-77H,3,5,7-11,13-19,21,23-38,40-50,52-54,56-60H2,1-2H3,(H,70,73)/b6-4+,22-20-,39-12+,55-51+. The number of amides is 1. The van der Waals surface area contributed by atoms with Crippen LogP contribution in [0.2, 0.25) is 0 Å². The molecule has 0 radical (unpaired) electrons. The first-order valence-electron chi connectivity index (χ1n) is 33.9. The van der Waals surface area contributed by atoms with E-state index in [2.05, 4.69) is 42.6 Å². The van der Waals surface area contributed by atoms with E-state index in [-0.39, 0.29) is 18.5 Å². The van der Waals surface area contributed by atoms with Crippen LogP contribution in [0, 0.1) is 0 Å². The Kier molecular flexibility index (Phi) is 55.2. The molecule has 0 spiro atoms. The molecular weight excluding hydrogens is 1000 g/mol. The summed E-state index contributed by atoms with van der Waals surface area (Å²) in [7, 11) is 0. The number of hydrogen-bond acceptors (Lipinski definition) is 10. The third-order valence-electron chi connectivity index (χ3n) is 16.0. The lowest BCUT2D eigenvalue weighted by molar-refractivity contribution is -0.302. The fourth-order valence-corrected chi connectivity index (χ4v) is 10.6. The zero-order valence-corrected chi connectivity index (χ0v) is 51.8. The molecule has 468 valence electrons. The van der Waals surface area contributed by atoms with Gasteiger partial charge in [0.2, 0.25) is 5.91 Å². The molecule has 11 nitrogen and oxygen atoms in total. The summed E-state index contributed by atoms with van der Waals surface area (Å²) >= 11 is 0. The van der Waals surface area contributed by atoms with Crippen molar-refractivity contribution in [2.75, 3.05) is 19.8 Å². The summed E-state index contributed by atoms with van der Waals surface area (Å²) in [6.07, 6.45) is 65.6. The number of rotatable bonds is 59. The van der Waals surface area contributed by atoms with Crippen LogP contribution in [0.5, 0.6) is 0 Å². The highest BCUT2D eigenvalue weighted by molar-refractivity contribution is 5.76. The molecule has 6 N–H and O–H groups in total. The Hall–Kier alpha value is -2.38. The third-order valence-corrected chi connectivity index (χ3v) is 16.0. The summed E-state index contributed by atoms with van der Waals surface area (Å²) < 4.78 is 16.7. The third kappa shape index (κ3) is 47.0. The Morgan fingerprint density at radius 1 is 0.475 bits per heavy atom. The Balaban J connectivity index is 1.94. The van der Waals surface area contributed by atoms with Crippen molar-refractivity contribution in [3.05, 3.63) is 48.6 Å². The average molecular weight is 1130 g/mol. The maximum absolute atomic E-state index is 13.0. The monoisotopic (exact) mass is 1130 g/mol. The van der Waals surface area contributed by atoms with Crippen LogP contribution in [-0.2, 0) is 23.8 Å². The number of unbranched alkanes of at least 4 members (excludes halogenated alkanes) is 40. The lowest BCUT2D eigenvalue weighted by atomic mass is 9.99. The van der Waals surface area contributed by atoms with Gasteiger partial charge in [-0.3, -0.25) is 9.59 Å². The number of carbonyl (C=O) groups excluding carboxylic acids is 2. The first-order valence-corrected chi connectivity index (χ1v) is 33.9. The summed E-state index contributed by atoms with van der Waals surface area (Å²) in [6, 6.07) is -0.837. The molecule has 0 aromatic rings. The fraction of sp³-hybridized carbons (Fsp3) is 0.855. The lowest BCUT2D eigenvalue weighted by Crippen LogP contribution is -2.60. The smallest absolute Gasteiger partial charge is 0.305 e. The first kappa shape index (κ1) is 75.6. The van der Waals surface area contributed by atoms with Crippen molar-refractivity contribution in [2.45, 2.75) is 358 Å². The van der Waals surface area contributed by atoms with Crippen LogP contribution in [0.3, 0.4) is 0 Å². The minimum Gasteiger partial charge on any atom is -0.466 e. The van der Waals surface area contributed by atoms with Gasteiger partial charge in [0.25, 0.3) is 0 Å². The predicted octanol–water partition coefficient (Wildman–Crippen LogP) is 16.8. The number of nitrogens with one attached hydrogen (secondary N) is 1. The minimum absolute atomic E-state index is 0.00535. The second-order valence-electron chi connectivity index (χ2n) is 23.5.